The molecule has 1 amide bonds. The summed E-state index contributed by atoms with van der Waals surface area (Å²) in [6.07, 6.45) is 2.20. The lowest BCUT2D eigenvalue weighted by atomic mass is 9.96. The van der Waals surface area contributed by atoms with E-state index in [1.54, 1.807) is 11.3 Å². The van der Waals surface area contributed by atoms with Crippen LogP contribution in [-0.2, 0) is 11.2 Å². The molecule has 0 unspecified atom stereocenters. The third-order valence-corrected chi connectivity index (χ3v) is 5.69. The van der Waals surface area contributed by atoms with Crippen molar-refractivity contribution in [2.45, 2.75) is 32.1 Å². The Morgan fingerprint density at radius 3 is 2.77 bits per heavy atom. The van der Waals surface area contributed by atoms with Gasteiger partial charge in [-0.3, -0.25) is 4.79 Å². The first-order valence-electron chi connectivity index (χ1n) is 8.89. The van der Waals surface area contributed by atoms with Gasteiger partial charge in [0.25, 0.3) is 0 Å². The van der Waals surface area contributed by atoms with Crippen molar-refractivity contribution in [3.63, 3.8) is 0 Å². The number of carbonyl (C=O) groups is 1. The molecule has 0 bridgehead atoms. The highest BCUT2D eigenvalue weighted by molar-refractivity contribution is 7.08. The van der Waals surface area contributed by atoms with E-state index in [-0.39, 0.29) is 11.8 Å². The van der Waals surface area contributed by atoms with Gasteiger partial charge in [0.05, 0.1) is 6.42 Å². The third kappa shape index (κ3) is 3.55. The number of rotatable bonds is 4. The summed E-state index contributed by atoms with van der Waals surface area (Å²) in [5, 5.41) is 12.4. The normalized spacial score (nSPS) is 15.3. The van der Waals surface area contributed by atoms with Gasteiger partial charge in [-0.05, 0) is 42.3 Å². The summed E-state index contributed by atoms with van der Waals surface area (Å²) in [7, 11) is 0. The number of amides is 1. The van der Waals surface area contributed by atoms with Crippen molar-refractivity contribution in [1.29, 1.82) is 0 Å². The van der Waals surface area contributed by atoms with Crippen LogP contribution in [0.3, 0.4) is 0 Å². The molecule has 1 saturated heterocycles. The lowest BCUT2D eigenvalue weighted by molar-refractivity contribution is -0.131. The molecule has 1 aromatic carbocycles. The summed E-state index contributed by atoms with van der Waals surface area (Å²) in [5.74, 6) is 1.70. The summed E-state index contributed by atoms with van der Waals surface area (Å²) in [4.78, 5) is 14.6. The Bertz CT molecular complexity index is 880. The Labute approximate surface area is 156 Å². The van der Waals surface area contributed by atoms with Crippen LogP contribution in [0.1, 0.15) is 35.8 Å². The highest BCUT2D eigenvalue weighted by Crippen LogP contribution is 2.30. The first-order valence-corrected chi connectivity index (χ1v) is 9.83. The smallest absolute Gasteiger partial charge is 0.248 e. The van der Waals surface area contributed by atoms with E-state index in [1.165, 1.54) is 5.56 Å². The molecule has 26 heavy (non-hydrogen) atoms. The Hall–Kier alpha value is -2.47. The number of hydrogen-bond acceptors (Lipinski definition) is 5. The van der Waals surface area contributed by atoms with Gasteiger partial charge in [-0.25, -0.2) is 0 Å². The van der Waals surface area contributed by atoms with Crippen LogP contribution in [0.5, 0.6) is 0 Å². The van der Waals surface area contributed by atoms with Crippen molar-refractivity contribution in [3.8, 4) is 11.5 Å². The van der Waals surface area contributed by atoms with Crippen LogP contribution in [0.25, 0.3) is 11.5 Å². The second-order valence-electron chi connectivity index (χ2n) is 6.72. The quantitative estimate of drug-likeness (QED) is 0.698. The van der Waals surface area contributed by atoms with E-state index >= 15 is 0 Å². The minimum Gasteiger partial charge on any atom is -0.420 e. The summed E-state index contributed by atoms with van der Waals surface area (Å²) in [5.41, 5.74) is 3.25. The molecule has 5 nitrogen and oxygen atoms in total. The van der Waals surface area contributed by atoms with Crippen molar-refractivity contribution >= 4 is 17.2 Å². The van der Waals surface area contributed by atoms with Crippen LogP contribution in [0.15, 0.2) is 45.5 Å². The van der Waals surface area contributed by atoms with Gasteiger partial charge in [0, 0.05) is 30.0 Å². The van der Waals surface area contributed by atoms with E-state index < -0.39 is 0 Å². The zero-order valence-corrected chi connectivity index (χ0v) is 15.5. The lowest BCUT2D eigenvalue weighted by Gasteiger charge is -2.30. The molecule has 0 spiro atoms. The van der Waals surface area contributed by atoms with Crippen molar-refractivity contribution in [2.24, 2.45) is 0 Å². The molecule has 3 aromatic rings. The Kier molecular flexibility index (Phi) is 4.84. The second-order valence-corrected chi connectivity index (χ2v) is 7.50. The van der Waals surface area contributed by atoms with Gasteiger partial charge in [-0.2, -0.15) is 11.3 Å². The molecule has 1 aliphatic rings. The van der Waals surface area contributed by atoms with E-state index in [0.29, 0.717) is 18.2 Å². The molecule has 0 saturated carbocycles. The number of hydrogen-bond donors (Lipinski definition) is 0. The number of likely N-dealkylation sites (tertiary alicyclic amines) is 1. The fraction of sp³-hybridized carbons (Fsp3) is 0.350. The monoisotopic (exact) mass is 367 g/mol. The van der Waals surface area contributed by atoms with E-state index in [1.807, 2.05) is 39.9 Å². The van der Waals surface area contributed by atoms with E-state index in [4.69, 9.17) is 4.42 Å². The summed E-state index contributed by atoms with van der Waals surface area (Å²) >= 11 is 1.61. The van der Waals surface area contributed by atoms with Gasteiger partial charge in [0.15, 0.2) is 0 Å². The topological polar surface area (TPSA) is 59.2 Å². The maximum absolute atomic E-state index is 12.6. The number of aryl methyl sites for hydroxylation is 1. The number of thiophene rings is 1. The fourth-order valence-corrected chi connectivity index (χ4v) is 3.99. The number of aromatic nitrogens is 2. The summed E-state index contributed by atoms with van der Waals surface area (Å²) < 4.78 is 5.86. The van der Waals surface area contributed by atoms with Crippen LogP contribution < -0.4 is 0 Å². The fourth-order valence-electron chi connectivity index (χ4n) is 3.36. The van der Waals surface area contributed by atoms with Crippen LogP contribution in [0, 0.1) is 6.92 Å². The van der Waals surface area contributed by atoms with E-state index in [0.717, 1.165) is 37.1 Å². The SMILES string of the molecule is Cc1ccccc1CC(=O)N1CCC(c2nnc(-c3ccsc3)o2)CC1. The predicted molar refractivity (Wildman–Crippen MR) is 101 cm³/mol. The average Bonchev–Trinajstić information content (AvgIpc) is 3.35. The molecule has 2 aromatic heterocycles. The minimum atomic E-state index is 0.197. The standard InChI is InChI=1S/C20H21N3O2S/c1-14-4-2-3-5-16(14)12-18(24)23-9-6-15(7-10-23)19-21-22-20(25-19)17-8-11-26-13-17/h2-5,8,11,13,15H,6-7,9-10,12H2,1H3. The predicted octanol–water partition coefficient (Wildman–Crippen LogP) is 4.06. The maximum atomic E-state index is 12.6. The van der Waals surface area contributed by atoms with Crippen LogP contribution in [0.4, 0.5) is 0 Å². The lowest BCUT2D eigenvalue weighted by Crippen LogP contribution is -2.38. The van der Waals surface area contributed by atoms with Gasteiger partial charge in [-0.15, -0.1) is 10.2 Å². The van der Waals surface area contributed by atoms with Gasteiger partial charge in [0.1, 0.15) is 0 Å². The molecule has 0 radical (unpaired) electrons. The zero-order valence-electron chi connectivity index (χ0n) is 14.7. The van der Waals surface area contributed by atoms with Crippen LogP contribution in [-0.4, -0.2) is 34.1 Å². The molecule has 6 heteroatoms. The third-order valence-electron chi connectivity index (χ3n) is 5.01. The Morgan fingerprint density at radius 2 is 2.04 bits per heavy atom. The molecule has 0 aliphatic carbocycles. The average molecular weight is 367 g/mol. The molecule has 134 valence electrons. The van der Waals surface area contributed by atoms with Crippen molar-refractivity contribution in [3.05, 3.63) is 58.1 Å². The first kappa shape index (κ1) is 17.0. The van der Waals surface area contributed by atoms with E-state index in [9.17, 15) is 4.79 Å². The Morgan fingerprint density at radius 1 is 1.23 bits per heavy atom. The molecule has 4 rings (SSSR count). The summed E-state index contributed by atoms with van der Waals surface area (Å²) in [6, 6.07) is 10.1. The van der Waals surface area contributed by atoms with Crippen LogP contribution in [0.2, 0.25) is 0 Å². The molecule has 3 heterocycles. The summed E-state index contributed by atoms with van der Waals surface area (Å²) in [6.45, 7) is 3.53. The largest absolute Gasteiger partial charge is 0.420 e. The molecular formula is C20H21N3O2S. The molecule has 1 aliphatic heterocycles. The highest BCUT2D eigenvalue weighted by Gasteiger charge is 2.27. The molecule has 0 N–H and O–H groups in total. The van der Waals surface area contributed by atoms with E-state index in [2.05, 4.69) is 23.2 Å². The molecule has 0 atom stereocenters. The zero-order chi connectivity index (χ0) is 17.9. The van der Waals surface area contributed by atoms with Gasteiger partial charge in [-0.1, -0.05) is 24.3 Å². The number of carbonyl (C=O) groups excluding carboxylic acids is 1. The molecular weight excluding hydrogens is 346 g/mol. The Balaban J connectivity index is 1.35. The van der Waals surface area contributed by atoms with Crippen molar-refractivity contribution < 1.29 is 9.21 Å². The number of benzene rings is 1. The maximum Gasteiger partial charge on any atom is 0.248 e. The van der Waals surface area contributed by atoms with Gasteiger partial charge >= 0.3 is 0 Å². The highest BCUT2D eigenvalue weighted by atomic mass is 32.1. The number of nitrogens with zero attached hydrogens (tertiary/aromatic N) is 3. The van der Waals surface area contributed by atoms with Crippen molar-refractivity contribution in [2.75, 3.05) is 13.1 Å². The first-order chi connectivity index (χ1) is 12.7. The van der Waals surface area contributed by atoms with Gasteiger partial charge < -0.3 is 9.32 Å². The molecule has 1 fully saturated rings. The van der Waals surface area contributed by atoms with Crippen LogP contribution >= 0.6 is 11.3 Å². The number of piperidine rings is 1. The minimum absolute atomic E-state index is 0.197. The van der Waals surface area contributed by atoms with Crippen molar-refractivity contribution in [1.82, 2.24) is 15.1 Å². The van der Waals surface area contributed by atoms with Gasteiger partial charge in [0.2, 0.25) is 17.7 Å². The second kappa shape index (κ2) is 7.41.